The Bertz CT molecular complexity index is 560. The van der Waals surface area contributed by atoms with Gasteiger partial charge in [-0.3, -0.25) is 0 Å². The second kappa shape index (κ2) is 7.49. The summed E-state index contributed by atoms with van der Waals surface area (Å²) in [5, 5.41) is 4.70. The predicted octanol–water partition coefficient (Wildman–Crippen LogP) is 5.74. The fourth-order valence-corrected chi connectivity index (χ4v) is 3.58. The first-order valence-electron chi connectivity index (χ1n) is 7.61. The summed E-state index contributed by atoms with van der Waals surface area (Å²) in [6.45, 7) is 4.32. The Morgan fingerprint density at radius 3 is 2.52 bits per heavy atom. The second-order valence-electron chi connectivity index (χ2n) is 5.46. The average molecular weight is 324 g/mol. The molecule has 1 fully saturated rings. The van der Waals surface area contributed by atoms with Gasteiger partial charge in [0, 0.05) is 12.0 Å². The van der Waals surface area contributed by atoms with Crippen molar-refractivity contribution in [2.45, 2.75) is 45.1 Å². The van der Waals surface area contributed by atoms with Gasteiger partial charge in [0.1, 0.15) is 0 Å². The van der Waals surface area contributed by atoms with Crippen molar-refractivity contribution in [1.29, 1.82) is 0 Å². The molecular weight excluding hydrogens is 301 g/mol. The molecule has 1 N–H and O–H groups in total. The van der Waals surface area contributed by atoms with E-state index in [1.165, 1.54) is 16.7 Å². The van der Waals surface area contributed by atoms with Crippen LogP contribution in [-0.2, 0) is 0 Å². The van der Waals surface area contributed by atoms with Crippen molar-refractivity contribution in [2.24, 2.45) is 0 Å². The lowest BCUT2D eigenvalue weighted by Gasteiger charge is -2.34. The maximum atomic E-state index is 6.20. The van der Waals surface area contributed by atoms with Crippen LogP contribution >= 0.6 is 23.2 Å². The smallest absolute Gasteiger partial charge is 0.0595 e. The van der Waals surface area contributed by atoms with E-state index in [2.05, 4.69) is 37.4 Å². The SMILES string of the molecule is C/C=C1\C(=C/CC)[C@@H](NC)CC[C@H]1c1ccc(Cl)c(Cl)c1. The first-order valence-corrected chi connectivity index (χ1v) is 8.36. The van der Waals surface area contributed by atoms with Crippen LogP contribution in [0, 0.1) is 0 Å². The largest absolute Gasteiger partial charge is 0.313 e. The highest BCUT2D eigenvalue weighted by Crippen LogP contribution is 2.42. The normalized spacial score (nSPS) is 26.5. The van der Waals surface area contributed by atoms with Gasteiger partial charge < -0.3 is 5.32 Å². The number of allylic oxidation sites excluding steroid dienone is 2. The van der Waals surface area contributed by atoms with Crippen LogP contribution in [0.1, 0.15) is 44.6 Å². The molecule has 1 aromatic rings. The molecule has 0 aliphatic heterocycles. The number of hydrogen-bond acceptors (Lipinski definition) is 1. The number of halogens is 2. The van der Waals surface area contributed by atoms with Crippen LogP contribution in [0.25, 0.3) is 0 Å². The third-order valence-corrected chi connectivity index (χ3v) is 5.00. The molecule has 2 atom stereocenters. The Morgan fingerprint density at radius 2 is 1.95 bits per heavy atom. The van der Waals surface area contributed by atoms with Gasteiger partial charge in [0.2, 0.25) is 0 Å². The Kier molecular flexibility index (Phi) is 5.92. The van der Waals surface area contributed by atoms with E-state index in [9.17, 15) is 0 Å². The van der Waals surface area contributed by atoms with Crippen molar-refractivity contribution in [3.8, 4) is 0 Å². The first-order chi connectivity index (χ1) is 10.1. The first kappa shape index (κ1) is 16.6. The third kappa shape index (κ3) is 3.53. The fraction of sp³-hybridized carbons (Fsp3) is 0.444. The molecule has 0 bridgehead atoms. The van der Waals surface area contributed by atoms with Gasteiger partial charge >= 0.3 is 0 Å². The van der Waals surface area contributed by atoms with Gasteiger partial charge in [-0.15, -0.1) is 0 Å². The summed E-state index contributed by atoms with van der Waals surface area (Å²) in [5.41, 5.74) is 4.11. The number of nitrogens with one attached hydrogen (secondary N) is 1. The standard InChI is InChI=1S/C18H23Cl2N/c1-4-6-15-13(5-2)14(8-10-18(15)21-3)12-7-9-16(19)17(20)11-12/h5-7,9,11,14,18,21H,4,8,10H2,1-3H3/b13-5-,15-6+/t14-,18-/m0/s1. The summed E-state index contributed by atoms with van der Waals surface area (Å²) in [5.74, 6) is 0.409. The maximum Gasteiger partial charge on any atom is 0.0595 e. The minimum atomic E-state index is 0.409. The molecule has 0 spiro atoms. The highest BCUT2D eigenvalue weighted by atomic mass is 35.5. The number of likely N-dealkylation sites (N-methyl/N-ethyl adjacent to an activating group) is 1. The molecular formula is C18H23Cl2N. The zero-order valence-corrected chi connectivity index (χ0v) is 14.4. The average Bonchev–Trinajstić information content (AvgIpc) is 2.50. The van der Waals surface area contributed by atoms with Crippen molar-refractivity contribution >= 4 is 23.2 Å². The molecule has 1 aliphatic rings. The molecule has 0 saturated heterocycles. The molecule has 0 unspecified atom stereocenters. The quantitative estimate of drug-likeness (QED) is 0.747. The van der Waals surface area contributed by atoms with Crippen molar-refractivity contribution in [3.05, 3.63) is 57.1 Å². The summed E-state index contributed by atoms with van der Waals surface area (Å²) in [6, 6.07) is 6.47. The van der Waals surface area contributed by atoms with Crippen molar-refractivity contribution in [3.63, 3.8) is 0 Å². The van der Waals surface area contributed by atoms with E-state index in [4.69, 9.17) is 23.2 Å². The van der Waals surface area contributed by atoms with Crippen molar-refractivity contribution in [2.75, 3.05) is 7.05 Å². The van der Waals surface area contributed by atoms with Gasteiger partial charge in [0.15, 0.2) is 0 Å². The lowest BCUT2D eigenvalue weighted by Crippen LogP contribution is -2.33. The molecule has 1 saturated carbocycles. The van der Waals surface area contributed by atoms with E-state index in [1.807, 2.05) is 19.2 Å². The second-order valence-corrected chi connectivity index (χ2v) is 6.27. The topological polar surface area (TPSA) is 12.0 Å². The van der Waals surface area contributed by atoms with Crippen LogP contribution in [0.15, 0.2) is 41.5 Å². The summed E-state index contributed by atoms with van der Waals surface area (Å²) in [4.78, 5) is 0. The Balaban J connectivity index is 2.40. The van der Waals surface area contributed by atoms with Gasteiger partial charge in [-0.1, -0.05) is 48.3 Å². The van der Waals surface area contributed by atoms with E-state index in [0.717, 1.165) is 19.3 Å². The molecule has 21 heavy (non-hydrogen) atoms. The van der Waals surface area contributed by atoms with E-state index >= 15 is 0 Å². The molecule has 1 aliphatic carbocycles. The molecule has 1 nitrogen and oxygen atoms in total. The van der Waals surface area contributed by atoms with Crippen molar-refractivity contribution < 1.29 is 0 Å². The monoisotopic (exact) mass is 323 g/mol. The Morgan fingerprint density at radius 1 is 1.19 bits per heavy atom. The van der Waals surface area contributed by atoms with Gasteiger partial charge in [0.25, 0.3) is 0 Å². The predicted molar refractivity (Wildman–Crippen MR) is 93.4 cm³/mol. The summed E-state index contributed by atoms with van der Waals surface area (Å²) < 4.78 is 0. The molecule has 2 rings (SSSR count). The van der Waals surface area contributed by atoms with Crippen LogP contribution in [0.5, 0.6) is 0 Å². The number of hydrogen-bond donors (Lipinski definition) is 1. The molecule has 0 heterocycles. The van der Waals surface area contributed by atoms with Crippen LogP contribution in [0.3, 0.4) is 0 Å². The Hall–Kier alpha value is -0.760. The zero-order valence-electron chi connectivity index (χ0n) is 12.9. The van der Waals surface area contributed by atoms with Crippen molar-refractivity contribution in [1.82, 2.24) is 5.32 Å². The molecule has 114 valence electrons. The minimum Gasteiger partial charge on any atom is -0.313 e. The van der Waals surface area contributed by atoms with E-state index in [0.29, 0.717) is 22.0 Å². The fourth-order valence-electron chi connectivity index (χ4n) is 3.27. The lowest BCUT2D eigenvalue weighted by atomic mass is 9.74. The summed E-state index contributed by atoms with van der Waals surface area (Å²) in [6.07, 6.45) is 7.92. The van der Waals surface area contributed by atoms with E-state index in [1.54, 1.807) is 0 Å². The van der Waals surface area contributed by atoms with E-state index < -0.39 is 0 Å². The van der Waals surface area contributed by atoms with Crippen LogP contribution in [0.4, 0.5) is 0 Å². The van der Waals surface area contributed by atoms with Gasteiger partial charge in [-0.25, -0.2) is 0 Å². The molecule has 0 amide bonds. The zero-order chi connectivity index (χ0) is 15.4. The van der Waals surface area contributed by atoms with Gasteiger partial charge in [-0.05, 0) is 62.1 Å². The van der Waals surface area contributed by atoms with Gasteiger partial charge in [-0.2, -0.15) is 0 Å². The van der Waals surface area contributed by atoms with Gasteiger partial charge in [0.05, 0.1) is 10.0 Å². The summed E-state index contributed by atoms with van der Waals surface area (Å²) in [7, 11) is 2.04. The molecule has 0 radical (unpaired) electrons. The minimum absolute atomic E-state index is 0.409. The van der Waals surface area contributed by atoms with Crippen LogP contribution in [-0.4, -0.2) is 13.1 Å². The van der Waals surface area contributed by atoms with Crippen LogP contribution < -0.4 is 5.32 Å². The third-order valence-electron chi connectivity index (χ3n) is 4.26. The Labute approximate surface area is 138 Å². The highest BCUT2D eigenvalue weighted by Gasteiger charge is 2.29. The number of rotatable bonds is 3. The molecule has 3 heteroatoms. The van der Waals surface area contributed by atoms with E-state index in [-0.39, 0.29) is 0 Å². The molecule has 0 aromatic heterocycles. The van der Waals surface area contributed by atoms with Crippen LogP contribution in [0.2, 0.25) is 10.0 Å². The lowest BCUT2D eigenvalue weighted by molar-refractivity contribution is 0.494. The summed E-state index contributed by atoms with van der Waals surface area (Å²) >= 11 is 12.2. The molecule has 1 aromatic carbocycles. The highest BCUT2D eigenvalue weighted by molar-refractivity contribution is 6.42. The maximum absolute atomic E-state index is 6.20. The number of benzene rings is 1.